The summed E-state index contributed by atoms with van der Waals surface area (Å²) < 4.78 is 22.5. The van der Waals surface area contributed by atoms with E-state index >= 15 is 0 Å². The molecule has 1 unspecified atom stereocenters. The van der Waals surface area contributed by atoms with Gasteiger partial charge in [-0.25, -0.2) is 0 Å². The number of carbonyl (C=O) groups excluding carboxylic acids is 1. The number of carbonyl (C=O) groups is 1. The number of aromatic nitrogens is 1. The molecule has 1 aliphatic heterocycles. The van der Waals surface area contributed by atoms with Crippen LogP contribution in [0.4, 0.5) is 0 Å². The van der Waals surface area contributed by atoms with Gasteiger partial charge in [0.05, 0.1) is 24.5 Å². The lowest BCUT2D eigenvalue weighted by molar-refractivity contribution is -0.128. The molecule has 1 aliphatic rings. The van der Waals surface area contributed by atoms with Crippen molar-refractivity contribution in [3.8, 4) is 11.5 Å². The van der Waals surface area contributed by atoms with E-state index in [1.165, 1.54) is 0 Å². The number of nitrogens with zero attached hydrogens (tertiary/aromatic N) is 2. The summed E-state index contributed by atoms with van der Waals surface area (Å²) >= 11 is 0. The Morgan fingerprint density at radius 1 is 1.17 bits per heavy atom. The Bertz CT molecular complexity index is 1130. The topological polar surface area (TPSA) is 74.0 Å². The van der Waals surface area contributed by atoms with E-state index in [4.69, 9.17) is 18.7 Å². The lowest BCUT2D eigenvalue weighted by Crippen LogP contribution is -2.35. The molecule has 0 bridgehead atoms. The monoisotopic (exact) mass is 476 g/mol. The zero-order valence-electron chi connectivity index (χ0n) is 20.5. The van der Waals surface area contributed by atoms with Crippen LogP contribution >= 0.6 is 0 Å². The molecular formula is C28H32N2O5. The molecule has 7 heteroatoms. The fraction of sp³-hybridized carbons (Fsp3) is 0.357. The highest BCUT2D eigenvalue weighted by Crippen LogP contribution is 2.30. The van der Waals surface area contributed by atoms with Crippen LogP contribution in [0, 0.1) is 13.8 Å². The van der Waals surface area contributed by atoms with Crippen molar-refractivity contribution in [1.29, 1.82) is 0 Å². The Hall–Kier alpha value is -3.58. The van der Waals surface area contributed by atoms with Crippen molar-refractivity contribution in [3.05, 3.63) is 82.8 Å². The standard InChI is InChI=1S/C28H32N2O5/c1-20-25(21(2)35-29-20)19-34-26-13-11-22(16-27(26)32-3)12-14-28(31)30(18-24-10-7-15-33-24)17-23-8-5-4-6-9-23/h4-6,8-9,11-14,16,24H,7,10,15,17-19H2,1-3H3. The average Bonchev–Trinajstić information content (AvgIpc) is 3.51. The van der Waals surface area contributed by atoms with Crippen LogP contribution in [0.5, 0.6) is 11.5 Å². The molecule has 1 atom stereocenters. The molecule has 1 aromatic heterocycles. The minimum atomic E-state index is -0.0537. The summed E-state index contributed by atoms with van der Waals surface area (Å²) in [5.41, 5.74) is 3.67. The van der Waals surface area contributed by atoms with E-state index in [1.54, 1.807) is 19.3 Å². The van der Waals surface area contributed by atoms with Crippen LogP contribution in [0.2, 0.25) is 0 Å². The molecule has 3 aromatic rings. The number of amides is 1. The highest BCUT2D eigenvalue weighted by atomic mass is 16.5. The van der Waals surface area contributed by atoms with Crippen LogP contribution in [0.1, 0.15) is 41.0 Å². The second kappa shape index (κ2) is 11.7. The molecule has 184 valence electrons. The van der Waals surface area contributed by atoms with Crippen molar-refractivity contribution >= 4 is 12.0 Å². The van der Waals surface area contributed by atoms with Gasteiger partial charge >= 0.3 is 0 Å². The lowest BCUT2D eigenvalue weighted by atomic mass is 10.1. The van der Waals surface area contributed by atoms with Gasteiger partial charge < -0.3 is 23.6 Å². The Balaban J connectivity index is 1.44. The number of hydrogen-bond donors (Lipinski definition) is 0. The molecule has 2 heterocycles. The first-order valence-corrected chi connectivity index (χ1v) is 11.9. The molecule has 1 fully saturated rings. The molecule has 1 amide bonds. The number of aryl methyl sites for hydroxylation is 2. The predicted molar refractivity (Wildman–Crippen MR) is 133 cm³/mol. The van der Waals surface area contributed by atoms with Crippen molar-refractivity contribution in [2.75, 3.05) is 20.3 Å². The summed E-state index contributed by atoms with van der Waals surface area (Å²) in [4.78, 5) is 15.0. The Kier molecular flexibility index (Phi) is 8.21. The Morgan fingerprint density at radius 3 is 2.69 bits per heavy atom. The lowest BCUT2D eigenvalue weighted by Gasteiger charge is -2.24. The first-order valence-electron chi connectivity index (χ1n) is 11.9. The molecule has 1 saturated heterocycles. The number of methoxy groups -OCH3 is 1. The number of hydrogen-bond acceptors (Lipinski definition) is 6. The van der Waals surface area contributed by atoms with Crippen molar-refractivity contribution in [1.82, 2.24) is 10.1 Å². The molecule has 0 aliphatic carbocycles. The van der Waals surface area contributed by atoms with Gasteiger partial charge in [0.15, 0.2) is 11.5 Å². The maximum atomic E-state index is 13.1. The van der Waals surface area contributed by atoms with Crippen LogP contribution in [0.25, 0.3) is 6.08 Å². The van der Waals surface area contributed by atoms with Gasteiger partial charge in [-0.05, 0) is 56.0 Å². The minimum Gasteiger partial charge on any atom is -0.493 e. The fourth-order valence-electron chi connectivity index (χ4n) is 4.11. The maximum absolute atomic E-state index is 13.1. The van der Waals surface area contributed by atoms with Crippen molar-refractivity contribution in [3.63, 3.8) is 0 Å². The normalized spacial score (nSPS) is 15.5. The molecule has 0 saturated carbocycles. The SMILES string of the molecule is COc1cc(C=CC(=O)N(Cc2ccccc2)CC2CCCO2)ccc1OCc1c(C)noc1C. The second-order valence-electron chi connectivity index (χ2n) is 8.67. The summed E-state index contributed by atoms with van der Waals surface area (Å²) in [7, 11) is 1.60. The van der Waals surface area contributed by atoms with Crippen LogP contribution < -0.4 is 9.47 Å². The Morgan fingerprint density at radius 2 is 2.00 bits per heavy atom. The third-order valence-electron chi connectivity index (χ3n) is 6.14. The summed E-state index contributed by atoms with van der Waals surface area (Å²) in [5, 5.41) is 3.96. The number of rotatable bonds is 10. The van der Waals surface area contributed by atoms with Crippen molar-refractivity contribution in [2.45, 2.75) is 45.9 Å². The average molecular weight is 477 g/mol. The molecule has 0 N–H and O–H groups in total. The van der Waals surface area contributed by atoms with Crippen molar-refractivity contribution in [2.24, 2.45) is 0 Å². The fourth-order valence-corrected chi connectivity index (χ4v) is 4.11. The van der Waals surface area contributed by atoms with E-state index in [2.05, 4.69) is 5.16 Å². The minimum absolute atomic E-state index is 0.0537. The molecule has 35 heavy (non-hydrogen) atoms. The molecule has 7 nitrogen and oxygen atoms in total. The van der Waals surface area contributed by atoms with E-state index < -0.39 is 0 Å². The first kappa shape index (κ1) is 24.5. The van der Waals surface area contributed by atoms with Gasteiger partial charge in [-0.1, -0.05) is 41.6 Å². The van der Waals surface area contributed by atoms with Crippen LogP contribution in [-0.4, -0.2) is 42.3 Å². The van der Waals surface area contributed by atoms with E-state index in [1.807, 2.05) is 67.3 Å². The van der Waals surface area contributed by atoms with Gasteiger partial charge in [-0.2, -0.15) is 0 Å². The van der Waals surface area contributed by atoms with Gasteiger partial charge in [0.1, 0.15) is 12.4 Å². The third-order valence-corrected chi connectivity index (χ3v) is 6.14. The summed E-state index contributed by atoms with van der Waals surface area (Å²) in [6.07, 6.45) is 5.52. The smallest absolute Gasteiger partial charge is 0.246 e. The van der Waals surface area contributed by atoms with E-state index in [9.17, 15) is 4.79 Å². The summed E-state index contributed by atoms with van der Waals surface area (Å²) in [5.74, 6) is 1.89. The van der Waals surface area contributed by atoms with Gasteiger partial charge in [0.2, 0.25) is 5.91 Å². The molecule has 0 spiro atoms. The van der Waals surface area contributed by atoms with E-state index in [-0.39, 0.29) is 12.0 Å². The third kappa shape index (κ3) is 6.51. The second-order valence-corrected chi connectivity index (χ2v) is 8.67. The van der Waals surface area contributed by atoms with Gasteiger partial charge in [0, 0.05) is 25.8 Å². The zero-order valence-corrected chi connectivity index (χ0v) is 20.5. The van der Waals surface area contributed by atoms with Crippen LogP contribution in [0.15, 0.2) is 59.1 Å². The summed E-state index contributed by atoms with van der Waals surface area (Å²) in [6, 6.07) is 15.6. The maximum Gasteiger partial charge on any atom is 0.246 e. The van der Waals surface area contributed by atoms with Crippen LogP contribution in [-0.2, 0) is 22.7 Å². The first-order chi connectivity index (χ1) is 17.0. The van der Waals surface area contributed by atoms with Gasteiger partial charge in [-0.3, -0.25) is 4.79 Å². The Labute approximate surface area is 206 Å². The van der Waals surface area contributed by atoms with Crippen LogP contribution in [0.3, 0.4) is 0 Å². The molecular weight excluding hydrogens is 444 g/mol. The molecule has 4 rings (SSSR count). The van der Waals surface area contributed by atoms with E-state index in [0.717, 1.165) is 47.6 Å². The molecule has 2 aromatic carbocycles. The highest BCUT2D eigenvalue weighted by Gasteiger charge is 2.22. The van der Waals surface area contributed by atoms with Crippen molar-refractivity contribution < 1.29 is 23.5 Å². The largest absolute Gasteiger partial charge is 0.493 e. The zero-order chi connectivity index (χ0) is 24.6. The predicted octanol–water partition coefficient (Wildman–Crippen LogP) is 5.10. The number of ether oxygens (including phenoxy) is 3. The highest BCUT2D eigenvalue weighted by molar-refractivity contribution is 5.91. The van der Waals surface area contributed by atoms with Gasteiger partial charge in [0.25, 0.3) is 0 Å². The van der Waals surface area contributed by atoms with E-state index in [0.29, 0.717) is 31.2 Å². The summed E-state index contributed by atoms with van der Waals surface area (Å²) in [6.45, 7) is 5.97. The quantitative estimate of drug-likeness (QED) is 0.379. The number of benzene rings is 2. The van der Waals surface area contributed by atoms with Gasteiger partial charge in [-0.15, -0.1) is 0 Å². The molecule has 0 radical (unpaired) electrons.